The Hall–Kier alpha value is -1.55. The van der Waals surface area contributed by atoms with Crippen LogP contribution >= 0.6 is 11.6 Å². The van der Waals surface area contributed by atoms with Crippen molar-refractivity contribution >= 4 is 28.6 Å². The summed E-state index contributed by atoms with van der Waals surface area (Å²) >= 11 is 5.70. The van der Waals surface area contributed by atoms with E-state index in [1.165, 1.54) is 17.8 Å². The summed E-state index contributed by atoms with van der Waals surface area (Å²) in [6.07, 6.45) is -3.04. The Morgan fingerprint density at radius 3 is 2.85 bits per heavy atom. The SMILES string of the molecule is CC(F)[C@@H](O[C@@H](O)CO)n1cnc2c(N)nc(Cl)nc21. The van der Waals surface area contributed by atoms with Crippen molar-refractivity contribution in [1.29, 1.82) is 0 Å². The number of rotatable bonds is 5. The predicted octanol–water partition coefficient (Wildman–Crippen LogP) is 0.246. The fourth-order valence-corrected chi connectivity index (χ4v) is 1.87. The number of ether oxygens (including phenoxy) is 1. The number of nitrogen functional groups attached to an aromatic ring is 1. The lowest BCUT2D eigenvalue weighted by Gasteiger charge is -2.23. The number of halogens is 2. The molecular formula is C10H13ClFN5O3. The molecule has 0 radical (unpaired) electrons. The molecule has 0 spiro atoms. The minimum absolute atomic E-state index is 0.0479. The van der Waals surface area contributed by atoms with E-state index in [0.29, 0.717) is 0 Å². The number of hydrogen-bond donors (Lipinski definition) is 3. The Kier molecular flexibility index (Phi) is 4.33. The maximum atomic E-state index is 13.7. The summed E-state index contributed by atoms with van der Waals surface area (Å²) in [5.41, 5.74) is 6.05. The molecule has 0 fully saturated rings. The largest absolute Gasteiger partial charge is 0.391 e. The number of nitrogens with zero attached hydrogens (tertiary/aromatic N) is 4. The van der Waals surface area contributed by atoms with Crippen molar-refractivity contribution in [2.24, 2.45) is 0 Å². The highest BCUT2D eigenvalue weighted by atomic mass is 35.5. The Morgan fingerprint density at radius 2 is 2.25 bits per heavy atom. The number of aliphatic hydroxyl groups excluding tert-OH is 2. The van der Waals surface area contributed by atoms with Gasteiger partial charge in [0, 0.05) is 0 Å². The number of fused-ring (bicyclic) bond motifs is 1. The van der Waals surface area contributed by atoms with E-state index < -0.39 is 25.3 Å². The zero-order valence-electron chi connectivity index (χ0n) is 10.4. The van der Waals surface area contributed by atoms with Crippen molar-refractivity contribution in [3.05, 3.63) is 11.6 Å². The molecule has 20 heavy (non-hydrogen) atoms. The van der Waals surface area contributed by atoms with E-state index in [1.54, 1.807) is 0 Å². The van der Waals surface area contributed by atoms with E-state index in [2.05, 4.69) is 15.0 Å². The van der Waals surface area contributed by atoms with Crippen LogP contribution in [0, 0.1) is 0 Å². The molecule has 0 bridgehead atoms. The second kappa shape index (κ2) is 5.83. The average Bonchev–Trinajstić information content (AvgIpc) is 2.79. The van der Waals surface area contributed by atoms with Crippen LogP contribution in [-0.2, 0) is 4.74 Å². The van der Waals surface area contributed by atoms with Gasteiger partial charge >= 0.3 is 0 Å². The summed E-state index contributed by atoms with van der Waals surface area (Å²) in [5, 5.41) is 18.0. The van der Waals surface area contributed by atoms with E-state index in [0.717, 1.165) is 0 Å². The maximum absolute atomic E-state index is 13.7. The van der Waals surface area contributed by atoms with Gasteiger partial charge in [-0.15, -0.1) is 0 Å². The summed E-state index contributed by atoms with van der Waals surface area (Å²) in [6, 6.07) is 0. The topological polar surface area (TPSA) is 119 Å². The van der Waals surface area contributed by atoms with Crippen molar-refractivity contribution in [3.63, 3.8) is 0 Å². The van der Waals surface area contributed by atoms with Gasteiger partial charge in [-0.2, -0.15) is 9.97 Å². The molecule has 0 aliphatic heterocycles. The summed E-state index contributed by atoms with van der Waals surface area (Å²) in [7, 11) is 0. The minimum Gasteiger partial charge on any atom is -0.391 e. The summed E-state index contributed by atoms with van der Waals surface area (Å²) in [6.45, 7) is 0.556. The lowest BCUT2D eigenvalue weighted by atomic mass is 10.3. The van der Waals surface area contributed by atoms with E-state index >= 15 is 0 Å². The Bertz CT molecular complexity index is 608. The molecule has 0 saturated carbocycles. The quantitative estimate of drug-likeness (QED) is 0.535. The molecule has 4 N–H and O–H groups in total. The zero-order chi connectivity index (χ0) is 14.9. The van der Waals surface area contributed by atoms with Crippen LogP contribution in [0.2, 0.25) is 5.28 Å². The number of imidazole rings is 1. The molecule has 2 aromatic heterocycles. The number of anilines is 1. The zero-order valence-corrected chi connectivity index (χ0v) is 11.2. The molecule has 0 aliphatic carbocycles. The van der Waals surface area contributed by atoms with Crippen LogP contribution in [0.25, 0.3) is 11.2 Å². The van der Waals surface area contributed by atoms with E-state index in [1.807, 2.05) is 0 Å². The Labute approximate surface area is 118 Å². The Balaban J connectivity index is 2.48. The minimum atomic E-state index is -1.54. The van der Waals surface area contributed by atoms with Crippen molar-refractivity contribution in [2.45, 2.75) is 25.6 Å². The van der Waals surface area contributed by atoms with Crippen LogP contribution in [0.3, 0.4) is 0 Å². The number of aliphatic hydroxyl groups is 2. The monoisotopic (exact) mass is 305 g/mol. The molecule has 0 aromatic carbocycles. The van der Waals surface area contributed by atoms with Crippen molar-refractivity contribution in [2.75, 3.05) is 12.3 Å². The predicted molar refractivity (Wildman–Crippen MR) is 68.5 cm³/mol. The van der Waals surface area contributed by atoms with Crippen molar-refractivity contribution in [3.8, 4) is 0 Å². The summed E-state index contributed by atoms with van der Waals surface area (Å²) in [5.74, 6) is 0.0479. The standard InChI is InChI=1S/C10H13ClFN5O3/c1-4(12)9(20-5(19)2-18)17-3-14-6-7(13)15-10(11)16-8(6)17/h3-5,9,18-19H,2H2,1H3,(H2,13,15,16)/t4?,5-,9-/m1/s1. The van der Waals surface area contributed by atoms with Gasteiger partial charge in [0.2, 0.25) is 5.28 Å². The second-order valence-corrected chi connectivity index (χ2v) is 4.38. The van der Waals surface area contributed by atoms with Gasteiger partial charge in [-0.25, -0.2) is 9.37 Å². The van der Waals surface area contributed by atoms with Gasteiger partial charge in [0.15, 0.2) is 24.0 Å². The number of nitrogens with two attached hydrogens (primary N) is 1. The molecular weight excluding hydrogens is 293 g/mol. The molecule has 0 saturated heterocycles. The average molecular weight is 306 g/mol. The smallest absolute Gasteiger partial charge is 0.226 e. The highest BCUT2D eigenvalue weighted by Gasteiger charge is 2.25. The van der Waals surface area contributed by atoms with Crippen LogP contribution in [0.15, 0.2) is 6.33 Å². The highest BCUT2D eigenvalue weighted by molar-refractivity contribution is 6.28. The van der Waals surface area contributed by atoms with Crippen LogP contribution in [0.5, 0.6) is 0 Å². The summed E-state index contributed by atoms with van der Waals surface area (Å²) < 4.78 is 19.9. The molecule has 110 valence electrons. The molecule has 1 unspecified atom stereocenters. The summed E-state index contributed by atoms with van der Waals surface area (Å²) in [4.78, 5) is 11.6. The van der Waals surface area contributed by atoms with Gasteiger partial charge in [-0.05, 0) is 18.5 Å². The van der Waals surface area contributed by atoms with Crippen molar-refractivity contribution < 1.29 is 19.3 Å². The van der Waals surface area contributed by atoms with Gasteiger partial charge < -0.3 is 20.7 Å². The lowest BCUT2D eigenvalue weighted by molar-refractivity contribution is -0.193. The fourth-order valence-electron chi connectivity index (χ4n) is 1.70. The Morgan fingerprint density at radius 1 is 1.55 bits per heavy atom. The first-order valence-corrected chi connectivity index (χ1v) is 6.05. The van der Waals surface area contributed by atoms with Crippen molar-refractivity contribution in [1.82, 2.24) is 19.5 Å². The third kappa shape index (κ3) is 2.80. The molecule has 8 nitrogen and oxygen atoms in total. The first kappa shape index (κ1) is 14.9. The van der Waals surface area contributed by atoms with E-state index in [4.69, 9.17) is 27.2 Å². The molecule has 2 aromatic rings. The third-order valence-corrected chi connectivity index (χ3v) is 2.71. The van der Waals surface area contributed by atoms with Crippen LogP contribution in [0.1, 0.15) is 13.2 Å². The molecule has 0 aliphatic rings. The van der Waals surface area contributed by atoms with Gasteiger partial charge in [0.05, 0.1) is 12.9 Å². The van der Waals surface area contributed by atoms with Crippen LogP contribution < -0.4 is 5.73 Å². The van der Waals surface area contributed by atoms with Gasteiger partial charge in [0.25, 0.3) is 0 Å². The van der Waals surface area contributed by atoms with Crippen LogP contribution in [0.4, 0.5) is 10.2 Å². The van der Waals surface area contributed by atoms with E-state index in [9.17, 15) is 9.50 Å². The lowest BCUT2D eigenvalue weighted by Crippen LogP contribution is -2.28. The first-order chi connectivity index (χ1) is 9.43. The molecule has 3 atom stereocenters. The third-order valence-electron chi connectivity index (χ3n) is 2.54. The fraction of sp³-hybridized carbons (Fsp3) is 0.500. The molecule has 2 rings (SSSR count). The van der Waals surface area contributed by atoms with E-state index in [-0.39, 0.29) is 22.3 Å². The van der Waals surface area contributed by atoms with Gasteiger partial charge in [-0.1, -0.05) is 0 Å². The highest BCUT2D eigenvalue weighted by Crippen LogP contribution is 2.25. The first-order valence-electron chi connectivity index (χ1n) is 5.68. The molecule has 2 heterocycles. The number of aromatic nitrogens is 4. The van der Waals surface area contributed by atoms with Crippen LogP contribution in [-0.4, -0.2) is 48.8 Å². The van der Waals surface area contributed by atoms with Gasteiger partial charge in [-0.3, -0.25) is 4.57 Å². The number of alkyl halides is 1. The van der Waals surface area contributed by atoms with Gasteiger partial charge in [0.1, 0.15) is 11.7 Å². The second-order valence-electron chi connectivity index (χ2n) is 4.04. The number of hydrogen-bond acceptors (Lipinski definition) is 7. The molecule has 10 heteroatoms. The normalized spacial score (nSPS) is 16.2. The maximum Gasteiger partial charge on any atom is 0.226 e. The molecule has 0 amide bonds.